The predicted octanol–water partition coefficient (Wildman–Crippen LogP) is 5.35. The Bertz CT molecular complexity index is 170. The summed E-state index contributed by atoms with van der Waals surface area (Å²) in [6.07, 6.45) is 3.80. The molecule has 0 radical (unpaired) electrons. The molecule has 0 aromatic rings. The molecule has 0 heterocycles. The van der Waals surface area contributed by atoms with Crippen molar-refractivity contribution in [2.75, 3.05) is 13.1 Å². The monoisotopic (exact) mass is 243 g/mol. The minimum Gasteiger partial charge on any atom is -0.298 e. The van der Waals surface area contributed by atoms with Gasteiger partial charge in [-0.1, -0.05) is 54.9 Å². The summed E-state index contributed by atoms with van der Waals surface area (Å²) in [6, 6.07) is 0. The summed E-state index contributed by atoms with van der Waals surface area (Å²) < 4.78 is 0. The van der Waals surface area contributed by atoms with E-state index in [0.717, 1.165) is 0 Å². The molecule has 0 aliphatic heterocycles. The SMILES string of the molecule is CC.CCCN(CC)C(C)(C)CC(C)(C)CC. The van der Waals surface area contributed by atoms with E-state index in [2.05, 4.69) is 53.4 Å². The highest BCUT2D eigenvalue weighted by Gasteiger charge is 2.31. The minimum atomic E-state index is 0.338. The first-order valence-corrected chi connectivity index (χ1v) is 7.54. The van der Waals surface area contributed by atoms with Crippen molar-refractivity contribution in [3.63, 3.8) is 0 Å². The third kappa shape index (κ3) is 7.81. The van der Waals surface area contributed by atoms with Crippen molar-refractivity contribution in [3.8, 4) is 0 Å². The van der Waals surface area contributed by atoms with Crippen LogP contribution in [0.3, 0.4) is 0 Å². The van der Waals surface area contributed by atoms with E-state index in [0.29, 0.717) is 11.0 Å². The summed E-state index contributed by atoms with van der Waals surface area (Å²) in [4.78, 5) is 2.62. The first-order chi connectivity index (χ1) is 7.79. The zero-order valence-corrected chi connectivity index (χ0v) is 14.0. The lowest BCUT2D eigenvalue weighted by atomic mass is 9.77. The molecular weight excluding hydrogens is 206 g/mol. The summed E-state index contributed by atoms with van der Waals surface area (Å²) in [5.41, 5.74) is 0.801. The van der Waals surface area contributed by atoms with E-state index >= 15 is 0 Å². The van der Waals surface area contributed by atoms with Gasteiger partial charge in [-0.25, -0.2) is 0 Å². The average Bonchev–Trinajstić information content (AvgIpc) is 2.27. The van der Waals surface area contributed by atoms with Gasteiger partial charge in [0, 0.05) is 5.54 Å². The molecule has 0 bridgehead atoms. The fraction of sp³-hybridized carbons (Fsp3) is 1.00. The Morgan fingerprint density at radius 1 is 0.882 bits per heavy atom. The molecule has 1 nitrogen and oxygen atoms in total. The number of hydrogen-bond donors (Lipinski definition) is 0. The van der Waals surface area contributed by atoms with Crippen LogP contribution < -0.4 is 0 Å². The van der Waals surface area contributed by atoms with E-state index in [1.807, 2.05) is 13.8 Å². The summed E-state index contributed by atoms with van der Waals surface area (Å²) >= 11 is 0. The lowest BCUT2D eigenvalue weighted by Crippen LogP contribution is -2.46. The van der Waals surface area contributed by atoms with Gasteiger partial charge in [0.05, 0.1) is 0 Å². The van der Waals surface area contributed by atoms with Gasteiger partial charge in [-0.2, -0.15) is 0 Å². The highest BCUT2D eigenvalue weighted by atomic mass is 15.2. The van der Waals surface area contributed by atoms with Crippen LogP contribution >= 0.6 is 0 Å². The lowest BCUT2D eigenvalue weighted by Gasteiger charge is -2.43. The Morgan fingerprint density at radius 3 is 1.65 bits per heavy atom. The van der Waals surface area contributed by atoms with Crippen molar-refractivity contribution in [1.29, 1.82) is 0 Å². The molecule has 0 amide bonds. The first-order valence-electron chi connectivity index (χ1n) is 7.54. The molecule has 0 fully saturated rings. The van der Waals surface area contributed by atoms with E-state index in [1.165, 1.54) is 32.4 Å². The molecule has 0 aromatic carbocycles. The second-order valence-electron chi connectivity index (χ2n) is 6.09. The van der Waals surface area contributed by atoms with Crippen molar-refractivity contribution in [3.05, 3.63) is 0 Å². The quantitative estimate of drug-likeness (QED) is 0.582. The van der Waals surface area contributed by atoms with Crippen LogP contribution in [0.25, 0.3) is 0 Å². The van der Waals surface area contributed by atoms with Crippen LogP contribution in [0.2, 0.25) is 0 Å². The van der Waals surface area contributed by atoms with E-state index < -0.39 is 0 Å². The Kier molecular flexibility index (Phi) is 10.2. The van der Waals surface area contributed by atoms with Gasteiger partial charge >= 0.3 is 0 Å². The maximum Gasteiger partial charge on any atom is 0.0158 e. The molecular formula is C16H37N. The highest BCUT2D eigenvalue weighted by molar-refractivity contribution is 4.86. The normalized spacial score (nSPS) is 12.4. The van der Waals surface area contributed by atoms with Gasteiger partial charge in [-0.05, 0) is 45.2 Å². The van der Waals surface area contributed by atoms with E-state index in [9.17, 15) is 0 Å². The van der Waals surface area contributed by atoms with Crippen molar-refractivity contribution in [2.45, 2.75) is 87.1 Å². The third-order valence-electron chi connectivity index (χ3n) is 3.60. The molecule has 0 rings (SSSR count). The van der Waals surface area contributed by atoms with E-state index in [1.54, 1.807) is 0 Å². The van der Waals surface area contributed by atoms with Crippen molar-refractivity contribution in [1.82, 2.24) is 4.90 Å². The van der Waals surface area contributed by atoms with Crippen LogP contribution in [0.4, 0.5) is 0 Å². The molecule has 1 heteroatoms. The lowest BCUT2D eigenvalue weighted by molar-refractivity contribution is 0.0750. The van der Waals surface area contributed by atoms with Gasteiger partial charge in [0.15, 0.2) is 0 Å². The summed E-state index contributed by atoms with van der Waals surface area (Å²) in [5, 5.41) is 0. The molecule has 0 saturated heterocycles. The second-order valence-corrected chi connectivity index (χ2v) is 6.09. The minimum absolute atomic E-state index is 0.338. The zero-order chi connectivity index (χ0) is 14.1. The summed E-state index contributed by atoms with van der Waals surface area (Å²) in [6.45, 7) is 22.8. The van der Waals surface area contributed by atoms with E-state index in [4.69, 9.17) is 0 Å². The van der Waals surface area contributed by atoms with Crippen molar-refractivity contribution < 1.29 is 0 Å². The van der Waals surface area contributed by atoms with Crippen LogP contribution in [0.1, 0.15) is 81.6 Å². The van der Waals surface area contributed by atoms with Crippen molar-refractivity contribution in [2.24, 2.45) is 5.41 Å². The third-order valence-corrected chi connectivity index (χ3v) is 3.60. The first kappa shape index (κ1) is 19.3. The fourth-order valence-electron chi connectivity index (χ4n) is 2.57. The summed E-state index contributed by atoms with van der Waals surface area (Å²) in [5.74, 6) is 0. The zero-order valence-electron chi connectivity index (χ0n) is 14.0. The number of nitrogens with zero attached hydrogens (tertiary/aromatic N) is 1. The maximum absolute atomic E-state index is 2.62. The van der Waals surface area contributed by atoms with Crippen molar-refractivity contribution >= 4 is 0 Å². The fourth-order valence-corrected chi connectivity index (χ4v) is 2.57. The average molecular weight is 243 g/mol. The molecule has 0 aromatic heterocycles. The van der Waals surface area contributed by atoms with Gasteiger partial charge in [0.2, 0.25) is 0 Å². The molecule has 0 atom stereocenters. The highest BCUT2D eigenvalue weighted by Crippen LogP contribution is 2.34. The van der Waals surface area contributed by atoms with Crippen LogP contribution in [0.15, 0.2) is 0 Å². The smallest absolute Gasteiger partial charge is 0.0158 e. The van der Waals surface area contributed by atoms with E-state index in [-0.39, 0.29) is 0 Å². The molecule has 0 aliphatic carbocycles. The van der Waals surface area contributed by atoms with Crippen LogP contribution in [-0.2, 0) is 0 Å². The van der Waals surface area contributed by atoms with Gasteiger partial charge in [-0.15, -0.1) is 0 Å². The van der Waals surface area contributed by atoms with Gasteiger partial charge in [-0.3, -0.25) is 4.90 Å². The van der Waals surface area contributed by atoms with Gasteiger partial charge in [0.25, 0.3) is 0 Å². The van der Waals surface area contributed by atoms with Gasteiger partial charge in [0.1, 0.15) is 0 Å². The maximum atomic E-state index is 2.62. The topological polar surface area (TPSA) is 3.24 Å². The standard InChI is InChI=1S/C14H31N.C2H6/c1-8-11-15(10-3)14(6,7)12-13(4,5)9-2;1-2/h8-12H2,1-7H3;1-2H3. The molecule has 17 heavy (non-hydrogen) atoms. The second kappa shape index (κ2) is 8.97. The van der Waals surface area contributed by atoms with Gasteiger partial charge < -0.3 is 0 Å². The predicted molar refractivity (Wildman–Crippen MR) is 81.7 cm³/mol. The molecule has 0 unspecified atom stereocenters. The number of hydrogen-bond acceptors (Lipinski definition) is 1. The molecule has 0 spiro atoms. The van der Waals surface area contributed by atoms with Crippen LogP contribution in [0, 0.1) is 5.41 Å². The molecule has 0 N–H and O–H groups in total. The molecule has 0 aliphatic rings. The Labute approximate surface area is 111 Å². The van der Waals surface area contributed by atoms with Crippen LogP contribution in [0.5, 0.6) is 0 Å². The molecule has 106 valence electrons. The number of rotatable bonds is 7. The van der Waals surface area contributed by atoms with Crippen LogP contribution in [-0.4, -0.2) is 23.5 Å². The summed E-state index contributed by atoms with van der Waals surface area (Å²) in [7, 11) is 0. The largest absolute Gasteiger partial charge is 0.298 e. The molecule has 0 saturated carbocycles. The Balaban J connectivity index is 0. The Hall–Kier alpha value is -0.0400. The Morgan fingerprint density at radius 2 is 1.35 bits per heavy atom.